The summed E-state index contributed by atoms with van der Waals surface area (Å²) in [5.74, 6) is 2.29. The quantitative estimate of drug-likeness (QED) is 0.351. The number of rotatable bonds is 7. The lowest BCUT2D eigenvalue weighted by atomic mass is 10.1. The normalized spacial score (nSPS) is 19.9. The average Bonchev–Trinajstić information content (AvgIpc) is 3.30. The minimum atomic E-state index is 0. The minimum absolute atomic E-state index is 0. The molecule has 0 amide bonds. The largest absolute Gasteiger partial charge is 0.375 e. The molecule has 0 saturated heterocycles. The summed E-state index contributed by atoms with van der Waals surface area (Å²) < 4.78 is 5.34. The van der Waals surface area contributed by atoms with Crippen molar-refractivity contribution in [3.63, 3.8) is 0 Å². The molecule has 0 spiro atoms. The molecule has 27 heavy (non-hydrogen) atoms. The first-order chi connectivity index (χ1) is 12.6. The van der Waals surface area contributed by atoms with Gasteiger partial charge in [0.2, 0.25) is 0 Å². The molecule has 1 aliphatic rings. The summed E-state index contributed by atoms with van der Waals surface area (Å²) >= 11 is 1.65. The highest BCUT2D eigenvalue weighted by atomic mass is 127. The van der Waals surface area contributed by atoms with Crippen LogP contribution in [0.25, 0.3) is 0 Å². The Morgan fingerprint density at radius 3 is 2.81 bits per heavy atom. The van der Waals surface area contributed by atoms with E-state index in [1.54, 1.807) is 18.4 Å². The van der Waals surface area contributed by atoms with Gasteiger partial charge in [-0.15, -0.1) is 35.3 Å². The van der Waals surface area contributed by atoms with E-state index in [9.17, 15) is 0 Å². The first kappa shape index (κ1) is 22.1. The van der Waals surface area contributed by atoms with Gasteiger partial charge in [0.15, 0.2) is 5.96 Å². The summed E-state index contributed by atoms with van der Waals surface area (Å²) in [6.45, 7) is 3.71. The highest BCUT2D eigenvalue weighted by Crippen LogP contribution is 2.46. The first-order valence-electron chi connectivity index (χ1n) is 9.06. The van der Waals surface area contributed by atoms with Crippen LogP contribution in [0.1, 0.15) is 41.6 Å². The molecule has 1 fully saturated rings. The number of nitrogens with one attached hydrogen (secondary N) is 1. The molecular weight excluding hydrogens is 471 g/mol. The van der Waals surface area contributed by atoms with Crippen LogP contribution in [-0.2, 0) is 11.3 Å². The van der Waals surface area contributed by atoms with E-state index in [1.807, 2.05) is 14.0 Å². The Hall–Kier alpha value is -1.19. The standard InChI is InChI=1S/C20H28N4OS.HI/c1-14(25-4)19-23-17(13-26-19)12-24(3)20(21-2)22-11-16-10-18(16)15-8-6-5-7-9-15;/h5-9,13-14,16,18H,10-12H2,1-4H3,(H,21,22);1H. The summed E-state index contributed by atoms with van der Waals surface area (Å²) in [7, 11) is 5.60. The van der Waals surface area contributed by atoms with Crippen molar-refractivity contribution in [1.82, 2.24) is 15.2 Å². The number of methoxy groups -OCH3 is 1. The van der Waals surface area contributed by atoms with Crippen molar-refractivity contribution in [2.75, 3.05) is 27.7 Å². The molecule has 1 aromatic heterocycles. The molecule has 7 heteroatoms. The summed E-state index contributed by atoms with van der Waals surface area (Å²) in [6, 6.07) is 10.8. The smallest absolute Gasteiger partial charge is 0.193 e. The van der Waals surface area contributed by atoms with E-state index in [4.69, 9.17) is 4.74 Å². The molecule has 0 bridgehead atoms. The van der Waals surface area contributed by atoms with Crippen molar-refractivity contribution in [3.05, 3.63) is 52.0 Å². The van der Waals surface area contributed by atoms with Gasteiger partial charge in [0, 0.05) is 33.1 Å². The summed E-state index contributed by atoms with van der Waals surface area (Å²) in [4.78, 5) is 11.2. The Balaban J connectivity index is 0.00000261. The Bertz CT molecular complexity index is 737. The van der Waals surface area contributed by atoms with Crippen LogP contribution < -0.4 is 5.32 Å². The second kappa shape index (κ2) is 10.4. The zero-order valence-corrected chi connectivity index (χ0v) is 19.5. The molecule has 148 valence electrons. The van der Waals surface area contributed by atoms with Gasteiger partial charge in [-0.2, -0.15) is 0 Å². The Morgan fingerprint density at radius 2 is 2.15 bits per heavy atom. The van der Waals surface area contributed by atoms with E-state index in [0.717, 1.165) is 29.8 Å². The van der Waals surface area contributed by atoms with Crippen LogP contribution in [0, 0.1) is 5.92 Å². The number of halogens is 1. The van der Waals surface area contributed by atoms with Crippen LogP contribution in [-0.4, -0.2) is 43.6 Å². The lowest BCUT2D eigenvalue weighted by Crippen LogP contribution is -2.39. The maximum atomic E-state index is 5.34. The predicted molar refractivity (Wildman–Crippen MR) is 123 cm³/mol. The van der Waals surface area contributed by atoms with Gasteiger partial charge in [-0.1, -0.05) is 30.3 Å². The fourth-order valence-corrected chi connectivity index (χ4v) is 4.03. The predicted octanol–water partition coefficient (Wildman–Crippen LogP) is 4.28. The van der Waals surface area contributed by atoms with Crippen LogP contribution in [0.3, 0.4) is 0 Å². The number of benzene rings is 1. The number of ether oxygens (including phenoxy) is 1. The number of aliphatic imine (C=N–C) groups is 1. The third-order valence-corrected chi connectivity index (χ3v) is 5.97. The number of thiazole rings is 1. The molecule has 3 atom stereocenters. The number of hydrogen-bond acceptors (Lipinski definition) is 4. The SMILES string of the molecule is CN=C(NCC1CC1c1ccccc1)N(C)Cc1csc(C(C)OC)n1.I. The van der Waals surface area contributed by atoms with Crippen LogP contribution >= 0.6 is 35.3 Å². The fourth-order valence-electron chi connectivity index (χ4n) is 3.19. The van der Waals surface area contributed by atoms with Crippen molar-refractivity contribution in [3.8, 4) is 0 Å². The summed E-state index contributed by atoms with van der Waals surface area (Å²) in [6.07, 6.45) is 1.29. The molecular formula is C20H29IN4OS. The molecule has 5 nitrogen and oxygen atoms in total. The Labute approximate surface area is 183 Å². The van der Waals surface area contributed by atoms with Gasteiger partial charge in [0.05, 0.1) is 12.2 Å². The zero-order valence-electron chi connectivity index (χ0n) is 16.4. The van der Waals surface area contributed by atoms with Crippen molar-refractivity contribution < 1.29 is 4.74 Å². The van der Waals surface area contributed by atoms with Gasteiger partial charge in [-0.25, -0.2) is 4.98 Å². The minimum Gasteiger partial charge on any atom is -0.375 e. The first-order valence-corrected chi connectivity index (χ1v) is 9.94. The molecule has 3 rings (SSSR count). The van der Waals surface area contributed by atoms with Crippen LogP contribution in [0.4, 0.5) is 0 Å². The average molecular weight is 500 g/mol. The van der Waals surface area contributed by atoms with Gasteiger partial charge in [-0.05, 0) is 30.7 Å². The maximum absolute atomic E-state index is 5.34. The molecule has 1 heterocycles. The lowest BCUT2D eigenvalue weighted by Gasteiger charge is -2.21. The van der Waals surface area contributed by atoms with Crippen LogP contribution in [0.2, 0.25) is 0 Å². The number of guanidine groups is 1. The molecule has 1 aromatic carbocycles. The number of hydrogen-bond donors (Lipinski definition) is 1. The molecule has 3 unspecified atom stereocenters. The third kappa shape index (κ3) is 5.89. The van der Waals surface area contributed by atoms with E-state index in [-0.39, 0.29) is 30.1 Å². The van der Waals surface area contributed by atoms with Crippen molar-refractivity contribution in [2.24, 2.45) is 10.9 Å². The molecule has 1 N–H and O–H groups in total. The second-order valence-electron chi connectivity index (χ2n) is 6.85. The zero-order chi connectivity index (χ0) is 18.5. The molecule has 1 saturated carbocycles. The van der Waals surface area contributed by atoms with E-state index < -0.39 is 0 Å². The van der Waals surface area contributed by atoms with Crippen LogP contribution in [0.15, 0.2) is 40.7 Å². The third-order valence-electron chi connectivity index (χ3n) is 4.92. The van der Waals surface area contributed by atoms with E-state index in [0.29, 0.717) is 11.8 Å². The summed E-state index contributed by atoms with van der Waals surface area (Å²) in [5.41, 5.74) is 2.50. The van der Waals surface area contributed by atoms with E-state index >= 15 is 0 Å². The number of nitrogens with zero attached hydrogens (tertiary/aromatic N) is 3. The van der Waals surface area contributed by atoms with E-state index in [1.165, 1.54) is 12.0 Å². The van der Waals surface area contributed by atoms with Crippen molar-refractivity contribution in [1.29, 1.82) is 0 Å². The topological polar surface area (TPSA) is 49.8 Å². The number of aromatic nitrogens is 1. The highest BCUT2D eigenvalue weighted by Gasteiger charge is 2.37. The van der Waals surface area contributed by atoms with Gasteiger partial charge in [0.1, 0.15) is 11.1 Å². The molecule has 1 aliphatic carbocycles. The lowest BCUT2D eigenvalue weighted by molar-refractivity contribution is 0.119. The maximum Gasteiger partial charge on any atom is 0.193 e. The van der Waals surface area contributed by atoms with Gasteiger partial charge in [0.25, 0.3) is 0 Å². The highest BCUT2D eigenvalue weighted by molar-refractivity contribution is 14.0. The van der Waals surface area contributed by atoms with Gasteiger partial charge >= 0.3 is 0 Å². The molecule has 0 aliphatic heterocycles. The summed E-state index contributed by atoms with van der Waals surface area (Å²) in [5, 5.41) is 6.63. The van der Waals surface area contributed by atoms with Crippen LogP contribution in [0.5, 0.6) is 0 Å². The van der Waals surface area contributed by atoms with Crippen molar-refractivity contribution in [2.45, 2.75) is 31.9 Å². The van der Waals surface area contributed by atoms with Crippen molar-refractivity contribution >= 4 is 41.3 Å². The monoisotopic (exact) mass is 500 g/mol. The van der Waals surface area contributed by atoms with Gasteiger partial charge in [-0.3, -0.25) is 4.99 Å². The van der Waals surface area contributed by atoms with Gasteiger partial charge < -0.3 is 15.0 Å². The Morgan fingerprint density at radius 1 is 1.41 bits per heavy atom. The fraction of sp³-hybridized carbons (Fsp3) is 0.500. The van der Waals surface area contributed by atoms with E-state index in [2.05, 4.69) is 63.0 Å². The second-order valence-corrected chi connectivity index (χ2v) is 7.74. The molecule has 2 aromatic rings. The Kier molecular flexibility index (Phi) is 8.50. The molecule has 0 radical (unpaired) electrons.